The van der Waals surface area contributed by atoms with Gasteiger partial charge in [0.25, 0.3) is 0 Å². The summed E-state index contributed by atoms with van der Waals surface area (Å²) in [6.45, 7) is 1.07. The molecule has 0 aromatic heterocycles. The molecule has 0 bridgehead atoms. The highest BCUT2D eigenvalue weighted by Crippen LogP contribution is 2.10. The molecule has 0 spiro atoms. The van der Waals surface area contributed by atoms with Gasteiger partial charge in [0.15, 0.2) is 0 Å². The SMILES string of the molecule is CN(C)C(=O)C[C@H]1CCCCN1. The van der Waals surface area contributed by atoms with Gasteiger partial charge in [-0.05, 0) is 19.4 Å². The molecule has 0 aliphatic carbocycles. The highest BCUT2D eigenvalue weighted by atomic mass is 16.2. The number of carbonyl (C=O) groups excluding carboxylic acids is 1. The fourth-order valence-corrected chi connectivity index (χ4v) is 1.49. The van der Waals surface area contributed by atoms with Crippen molar-refractivity contribution in [3.63, 3.8) is 0 Å². The summed E-state index contributed by atoms with van der Waals surface area (Å²) in [5.41, 5.74) is 0. The predicted molar refractivity (Wildman–Crippen MR) is 49.0 cm³/mol. The van der Waals surface area contributed by atoms with Crippen molar-refractivity contribution in [2.75, 3.05) is 20.6 Å². The molecule has 0 aromatic carbocycles. The third-order valence-electron chi connectivity index (χ3n) is 2.33. The van der Waals surface area contributed by atoms with E-state index >= 15 is 0 Å². The first-order chi connectivity index (χ1) is 5.70. The first-order valence-corrected chi connectivity index (χ1v) is 4.63. The van der Waals surface area contributed by atoms with Gasteiger partial charge in [-0.1, -0.05) is 6.42 Å². The predicted octanol–water partition coefficient (Wildman–Crippen LogP) is 0.607. The fraction of sp³-hybridized carbons (Fsp3) is 0.889. The molecule has 1 heterocycles. The first-order valence-electron chi connectivity index (χ1n) is 4.63. The summed E-state index contributed by atoms with van der Waals surface area (Å²) in [7, 11) is 3.62. The normalized spacial score (nSPS) is 23.7. The second-order valence-electron chi connectivity index (χ2n) is 3.64. The Morgan fingerprint density at radius 2 is 2.25 bits per heavy atom. The van der Waals surface area contributed by atoms with Crippen LogP contribution in [0.2, 0.25) is 0 Å². The average Bonchev–Trinajstić information content (AvgIpc) is 2.06. The van der Waals surface area contributed by atoms with Gasteiger partial charge in [0.05, 0.1) is 0 Å². The van der Waals surface area contributed by atoms with E-state index in [0.29, 0.717) is 12.5 Å². The van der Waals surface area contributed by atoms with Crippen molar-refractivity contribution in [1.29, 1.82) is 0 Å². The van der Waals surface area contributed by atoms with Crippen LogP contribution in [-0.4, -0.2) is 37.5 Å². The second-order valence-corrected chi connectivity index (χ2v) is 3.64. The number of hydrogen-bond acceptors (Lipinski definition) is 2. The van der Waals surface area contributed by atoms with Gasteiger partial charge >= 0.3 is 0 Å². The zero-order chi connectivity index (χ0) is 8.97. The minimum absolute atomic E-state index is 0.231. The van der Waals surface area contributed by atoms with E-state index in [1.165, 1.54) is 12.8 Å². The molecule has 0 unspecified atom stereocenters. The minimum Gasteiger partial charge on any atom is -0.349 e. The molecule has 1 N–H and O–H groups in total. The van der Waals surface area contributed by atoms with Gasteiger partial charge in [0.2, 0.25) is 5.91 Å². The number of hydrogen-bond donors (Lipinski definition) is 1. The highest BCUT2D eigenvalue weighted by molar-refractivity contribution is 5.76. The smallest absolute Gasteiger partial charge is 0.223 e. The summed E-state index contributed by atoms with van der Waals surface area (Å²) in [6, 6.07) is 0.425. The molecule has 1 fully saturated rings. The van der Waals surface area contributed by atoms with Gasteiger partial charge in [0, 0.05) is 26.6 Å². The number of carbonyl (C=O) groups is 1. The Hall–Kier alpha value is -0.570. The van der Waals surface area contributed by atoms with Gasteiger partial charge in [-0.15, -0.1) is 0 Å². The van der Waals surface area contributed by atoms with Crippen LogP contribution in [0.4, 0.5) is 0 Å². The monoisotopic (exact) mass is 170 g/mol. The number of piperidine rings is 1. The third-order valence-corrected chi connectivity index (χ3v) is 2.33. The highest BCUT2D eigenvalue weighted by Gasteiger charge is 2.16. The van der Waals surface area contributed by atoms with E-state index in [4.69, 9.17) is 0 Å². The lowest BCUT2D eigenvalue weighted by Crippen LogP contribution is -2.38. The van der Waals surface area contributed by atoms with Crippen LogP contribution < -0.4 is 5.32 Å². The van der Waals surface area contributed by atoms with Crippen LogP contribution in [0, 0.1) is 0 Å². The molecule has 1 saturated heterocycles. The topological polar surface area (TPSA) is 32.3 Å². The summed E-state index contributed by atoms with van der Waals surface area (Å²) >= 11 is 0. The first kappa shape index (κ1) is 9.52. The van der Waals surface area contributed by atoms with Crippen LogP contribution in [0.15, 0.2) is 0 Å². The molecule has 70 valence electrons. The van der Waals surface area contributed by atoms with Crippen LogP contribution in [0.5, 0.6) is 0 Å². The Labute approximate surface area is 74.1 Å². The van der Waals surface area contributed by atoms with E-state index in [1.54, 1.807) is 4.90 Å². The van der Waals surface area contributed by atoms with Crippen molar-refractivity contribution in [2.45, 2.75) is 31.7 Å². The lowest BCUT2D eigenvalue weighted by Gasteiger charge is -2.24. The molecule has 3 nitrogen and oxygen atoms in total. The molecular weight excluding hydrogens is 152 g/mol. The minimum atomic E-state index is 0.231. The van der Waals surface area contributed by atoms with Crippen LogP contribution >= 0.6 is 0 Å². The van der Waals surface area contributed by atoms with Crippen molar-refractivity contribution < 1.29 is 4.79 Å². The molecule has 1 atom stereocenters. The van der Waals surface area contributed by atoms with Crippen LogP contribution in [0.3, 0.4) is 0 Å². The Bertz CT molecular complexity index is 151. The second kappa shape index (κ2) is 4.45. The van der Waals surface area contributed by atoms with Crippen molar-refractivity contribution in [1.82, 2.24) is 10.2 Å². The van der Waals surface area contributed by atoms with Gasteiger partial charge in [-0.25, -0.2) is 0 Å². The Morgan fingerprint density at radius 1 is 1.50 bits per heavy atom. The molecule has 0 radical (unpaired) electrons. The number of amides is 1. The van der Waals surface area contributed by atoms with Crippen LogP contribution in [0.1, 0.15) is 25.7 Å². The number of nitrogens with one attached hydrogen (secondary N) is 1. The zero-order valence-corrected chi connectivity index (χ0v) is 7.97. The Kier molecular flexibility index (Phi) is 3.53. The molecular formula is C9H18N2O. The largest absolute Gasteiger partial charge is 0.349 e. The van der Waals surface area contributed by atoms with Gasteiger partial charge in [0.1, 0.15) is 0 Å². The molecule has 1 rings (SSSR count). The standard InChI is InChI=1S/C9H18N2O/c1-11(2)9(12)7-8-5-3-4-6-10-8/h8,10H,3-7H2,1-2H3/t8-/m1/s1. The van der Waals surface area contributed by atoms with Gasteiger partial charge in [-0.3, -0.25) is 4.79 Å². The molecule has 1 amide bonds. The van der Waals surface area contributed by atoms with Crippen molar-refractivity contribution in [3.05, 3.63) is 0 Å². The lowest BCUT2D eigenvalue weighted by molar-refractivity contribution is -0.129. The van der Waals surface area contributed by atoms with Crippen molar-refractivity contribution in [2.24, 2.45) is 0 Å². The summed E-state index contributed by atoms with van der Waals surface area (Å²) in [4.78, 5) is 13.0. The molecule has 0 aromatic rings. The number of rotatable bonds is 2. The molecule has 1 aliphatic heterocycles. The maximum absolute atomic E-state index is 11.3. The van der Waals surface area contributed by atoms with E-state index in [9.17, 15) is 4.79 Å². The lowest BCUT2D eigenvalue weighted by atomic mass is 10.0. The Morgan fingerprint density at radius 3 is 2.75 bits per heavy atom. The van der Waals surface area contributed by atoms with Crippen molar-refractivity contribution >= 4 is 5.91 Å². The summed E-state index contributed by atoms with van der Waals surface area (Å²) in [5.74, 6) is 0.231. The molecule has 1 aliphatic rings. The van der Waals surface area contributed by atoms with Crippen molar-refractivity contribution in [3.8, 4) is 0 Å². The van der Waals surface area contributed by atoms with Gasteiger partial charge < -0.3 is 10.2 Å². The van der Waals surface area contributed by atoms with E-state index in [0.717, 1.165) is 13.0 Å². The fourth-order valence-electron chi connectivity index (χ4n) is 1.49. The van der Waals surface area contributed by atoms with Gasteiger partial charge in [-0.2, -0.15) is 0 Å². The zero-order valence-electron chi connectivity index (χ0n) is 7.97. The molecule has 3 heteroatoms. The van der Waals surface area contributed by atoms with Crippen LogP contribution in [-0.2, 0) is 4.79 Å². The average molecular weight is 170 g/mol. The van der Waals surface area contributed by atoms with E-state index in [1.807, 2.05) is 14.1 Å². The molecule has 0 saturated carbocycles. The summed E-state index contributed by atoms with van der Waals surface area (Å²) < 4.78 is 0. The summed E-state index contributed by atoms with van der Waals surface area (Å²) in [5, 5.41) is 3.36. The Balaban J connectivity index is 2.24. The van der Waals surface area contributed by atoms with E-state index < -0.39 is 0 Å². The summed E-state index contributed by atoms with van der Waals surface area (Å²) in [6.07, 6.45) is 4.33. The molecule has 12 heavy (non-hydrogen) atoms. The van der Waals surface area contributed by atoms with E-state index in [2.05, 4.69) is 5.32 Å². The number of nitrogens with zero attached hydrogens (tertiary/aromatic N) is 1. The maximum atomic E-state index is 11.3. The van der Waals surface area contributed by atoms with E-state index in [-0.39, 0.29) is 5.91 Å². The van der Waals surface area contributed by atoms with Crippen LogP contribution in [0.25, 0.3) is 0 Å². The quantitative estimate of drug-likeness (QED) is 0.658. The third kappa shape index (κ3) is 2.81. The maximum Gasteiger partial charge on any atom is 0.223 e.